The SMILES string of the molecule is CCC(C)(C)CNC(=O)N1CCCC1(C)C(=O)O. The average Bonchev–Trinajstić information content (AvgIpc) is 2.70. The predicted octanol–water partition coefficient (Wildman–Crippen LogP) is 2.07. The quantitative estimate of drug-likeness (QED) is 0.809. The van der Waals surface area contributed by atoms with E-state index in [1.165, 1.54) is 4.90 Å². The van der Waals surface area contributed by atoms with Crippen LogP contribution in [0.3, 0.4) is 0 Å². The van der Waals surface area contributed by atoms with Gasteiger partial charge in [0.1, 0.15) is 5.54 Å². The zero-order chi connectivity index (χ0) is 14.0. The predicted molar refractivity (Wildman–Crippen MR) is 69.5 cm³/mol. The Morgan fingerprint density at radius 1 is 1.44 bits per heavy atom. The van der Waals surface area contributed by atoms with E-state index in [4.69, 9.17) is 0 Å². The smallest absolute Gasteiger partial charge is 0.329 e. The van der Waals surface area contributed by atoms with Crippen LogP contribution in [0.2, 0.25) is 0 Å². The number of nitrogens with zero attached hydrogens (tertiary/aromatic N) is 1. The summed E-state index contributed by atoms with van der Waals surface area (Å²) in [7, 11) is 0. The summed E-state index contributed by atoms with van der Waals surface area (Å²) in [5, 5.41) is 12.1. The third-order valence-electron chi connectivity index (χ3n) is 4.02. The molecular formula is C13H24N2O3. The van der Waals surface area contributed by atoms with E-state index in [1.807, 2.05) is 0 Å². The number of hydrogen-bond acceptors (Lipinski definition) is 2. The first-order valence-corrected chi connectivity index (χ1v) is 6.52. The third kappa shape index (κ3) is 2.94. The molecule has 1 atom stereocenters. The highest BCUT2D eigenvalue weighted by molar-refractivity contribution is 5.86. The van der Waals surface area contributed by atoms with Gasteiger partial charge in [0.15, 0.2) is 0 Å². The summed E-state index contributed by atoms with van der Waals surface area (Å²) in [6, 6.07) is -0.265. The van der Waals surface area contributed by atoms with Gasteiger partial charge in [0, 0.05) is 13.1 Å². The molecule has 1 fully saturated rings. The minimum absolute atomic E-state index is 0.0367. The topological polar surface area (TPSA) is 69.6 Å². The van der Waals surface area contributed by atoms with Crippen molar-refractivity contribution < 1.29 is 14.7 Å². The summed E-state index contributed by atoms with van der Waals surface area (Å²) >= 11 is 0. The fourth-order valence-electron chi connectivity index (χ4n) is 2.05. The van der Waals surface area contributed by atoms with Gasteiger partial charge in [0.2, 0.25) is 0 Å². The van der Waals surface area contributed by atoms with Gasteiger partial charge in [-0.25, -0.2) is 9.59 Å². The van der Waals surface area contributed by atoms with E-state index >= 15 is 0 Å². The van der Waals surface area contributed by atoms with Crippen LogP contribution >= 0.6 is 0 Å². The van der Waals surface area contributed by atoms with Gasteiger partial charge in [0.05, 0.1) is 0 Å². The molecule has 1 aliphatic heterocycles. The minimum Gasteiger partial charge on any atom is -0.480 e. The number of amides is 2. The van der Waals surface area contributed by atoms with Crippen LogP contribution in [0.5, 0.6) is 0 Å². The molecule has 2 N–H and O–H groups in total. The molecule has 104 valence electrons. The number of hydrogen-bond donors (Lipinski definition) is 2. The van der Waals surface area contributed by atoms with Crippen molar-refractivity contribution in [2.45, 2.75) is 52.5 Å². The number of carbonyl (C=O) groups is 2. The second kappa shape index (κ2) is 5.16. The molecule has 1 saturated heterocycles. The normalized spacial score (nSPS) is 24.1. The van der Waals surface area contributed by atoms with Crippen LogP contribution < -0.4 is 5.32 Å². The number of aliphatic carboxylic acids is 1. The Kier molecular flexibility index (Phi) is 4.24. The molecule has 0 aromatic carbocycles. The minimum atomic E-state index is -1.06. The van der Waals surface area contributed by atoms with Gasteiger partial charge in [-0.1, -0.05) is 20.8 Å². The molecule has 0 saturated carbocycles. The van der Waals surface area contributed by atoms with Crippen LogP contribution in [0, 0.1) is 5.41 Å². The van der Waals surface area contributed by atoms with Crippen molar-refractivity contribution in [3.05, 3.63) is 0 Å². The number of urea groups is 1. The Morgan fingerprint density at radius 2 is 2.06 bits per heavy atom. The lowest BCUT2D eigenvalue weighted by Gasteiger charge is -2.32. The van der Waals surface area contributed by atoms with Crippen LogP contribution in [0.1, 0.15) is 47.0 Å². The van der Waals surface area contributed by atoms with Crippen molar-refractivity contribution in [2.75, 3.05) is 13.1 Å². The molecule has 5 nitrogen and oxygen atoms in total. The van der Waals surface area contributed by atoms with Crippen LogP contribution in [0.25, 0.3) is 0 Å². The molecular weight excluding hydrogens is 232 g/mol. The van der Waals surface area contributed by atoms with E-state index in [-0.39, 0.29) is 11.4 Å². The average molecular weight is 256 g/mol. The van der Waals surface area contributed by atoms with E-state index in [2.05, 4.69) is 26.1 Å². The molecule has 0 aliphatic carbocycles. The van der Waals surface area contributed by atoms with Gasteiger partial charge in [-0.3, -0.25) is 0 Å². The number of rotatable bonds is 4. The molecule has 0 aromatic rings. The molecule has 0 radical (unpaired) electrons. The zero-order valence-electron chi connectivity index (χ0n) is 11.7. The summed E-state index contributed by atoms with van der Waals surface area (Å²) in [4.78, 5) is 24.8. The first-order chi connectivity index (χ1) is 8.23. The van der Waals surface area contributed by atoms with E-state index in [9.17, 15) is 14.7 Å². The standard InChI is InChI=1S/C13H24N2O3/c1-5-12(2,3)9-14-11(18)15-8-6-7-13(15,4)10(16)17/h5-9H2,1-4H3,(H,14,18)(H,16,17). The van der Waals surface area contributed by atoms with E-state index in [0.29, 0.717) is 19.5 Å². The summed E-state index contributed by atoms with van der Waals surface area (Å²) < 4.78 is 0. The maximum atomic E-state index is 12.1. The number of nitrogens with one attached hydrogen (secondary N) is 1. The Balaban J connectivity index is 2.65. The van der Waals surface area contributed by atoms with Gasteiger partial charge < -0.3 is 15.3 Å². The van der Waals surface area contributed by atoms with Gasteiger partial charge in [0.25, 0.3) is 0 Å². The molecule has 5 heteroatoms. The van der Waals surface area contributed by atoms with Crippen molar-refractivity contribution in [3.63, 3.8) is 0 Å². The summed E-state index contributed by atoms with van der Waals surface area (Å²) in [6.07, 6.45) is 2.23. The first-order valence-electron chi connectivity index (χ1n) is 6.52. The summed E-state index contributed by atoms with van der Waals surface area (Å²) in [5.41, 5.74) is -1.02. The molecule has 1 aliphatic rings. The largest absolute Gasteiger partial charge is 0.480 e. The van der Waals surface area contributed by atoms with Crippen LogP contribution in [0.15, 0.2) is 0 Å². The number of carbonyl (C=O) groups excluding carboxylic acids is 1. The van der Waals surface area contributed by atoms with Crippen LogP contribution in [-0.2, 0) is 4.79 Å². The van der Waals surface area contributed by atoms with E-state index < -0.39 is 11.5 Å². The highest BCUT2D eigenvalue weighted by atomic mass is 16.4. The molecule has 0 bridgehead atoms. The summed E-state index contributed by atoms with van der Waals surface area (Å²) in [6.45, 7) is 8.92. The van der Waals surface area contributed by atoms with E-state index in [1.54, 1.807) is 6.92 Å². The second-order valence-corrected chi connectivity index (χ2v) is 6.01. The lowest BCUT2D eigenvalue weighted by molar-refractivity contribution is -0.147. The van der Waals surface area contributed by atoms with Gasteiger partial charge >= 0.3 is 12.0 Å². The molecule has 1 heterocycles. The van der Waals surface area contributed by atoms with Crippen molar-refractivity contribution in [2.24, 2.45) is 5.41 Å². The first kappa shape index (κ1) is 14.8. The van der Waals surface area contributed by atoms with Crippen LogP contribution in [0.4, 0.5) is 4.79 Å². The monoisotopic (exact) mass is 256 g/mol. The van der Waals surface area contributed by atoms with Crippen molar-refractivity contribution in [1.82, 2.24) is 10.2 Å². The zero-order valence-corrected chi connectivity index (χ0v) is 11.7. The third-order valence-corrected chi connectivity index (χ3v) is 4.02. The second-order valence-electron chi connectivity index (χ2n) is 6.01. The fraction of sp³-hybridized carbons (Fsp3) is 0.846. The maximum absolute atomic E-state index is 12.1. The van der Waals surface area contributed by atoms with Crippen molar-refractivity contribution >= 4 is 12.0 Å². The Hall–Kier alpha value is -1.26. The van der Waals surface area contributed by atoms with Crippen LogP contribution in [-0.4, -0.2) is 40.6 Å². The molecule has 0 aromatic heterocycles. The van der Waals surface area contributed by atoms with Crippen molar-refractivity contribution in [3.8, 4) is 0 Å². The molecule has 1 rings (SSSR count). The lowest BCUT2D eigenvalue weighted by Crippen LogP contribution is -2.55. The summed E-state index contributed by atoms with van der Waals surface area (Å²) in [5.74, 6) is -0.926. The Bertz CT molecular complexity index is 341. The van der Waals surface area contributed by atoms with E-state index in [0.717, 1.165) is 12.8 Å². The molecule has 0 spiro atoms. The van der Waals surface area contributed by atoms with Gasteiger partial charge in [-0.15, -0.1) is 0 Å². The highest BCUT2D eigenvalue weighted by Gasteiger charge is 2.46. The van der Waals surface area contributed by atoms with Crippen molar-refractivity contribution in [1.29, 1.82) is 0 Å². The van der Waals surface area contributed by atoms with Gasteiger partial charge in [-0.2, -0.15) is 0 Å². The highest BCUT2D eigenvalue weighted by Crippen LogP contribution is 2.29. The number of carboxylic acids is 1. The lowest BCUT2D eigenvalue weighted by atomic mass is 9.90. The molecule has 18 heavy (non-hydrogen) atoms. The molecule has 2 amide bonds. The van der Waals surface area contributed by atoms with Gasteiger partial charge in [-0.05, 0) is 31.6 Å². The fourth-order valence-corrected chi connectivity index (χ4v) is 2.05. The number of carboxylic acid groups (broad SMARTS) is 1. The molecule has 1 unspecified atom stereocenters. The Morgan fingerprint density at radius 3 is 2.56 bits per heavy atom. The number of likely N-dealkylation sites (tertiary alicyclic amines) is 1. The Labute approximate surface area is 109 Å². The maximum Gasteiger partial charge on any atom is 0.329 e.